The van der Waals surface area contributed by atoms with Crippen molar-refractivity contribution in [1.29, 1.82) is 0 Å². The Morgan fingerprint density at radius 3 is 2.67 bits per heavy atom. The molecule has 2 heterocycles. The highest BCUT2D eigenvalue weighted by Crippen LogP contribution is 2.41. The number of hydrazine groups is 1. The van der Waals surface area contributed by atoms with E-state index in [0.29, 0.717) is 18.0 Å². The second kappa shape index (κ2) is 8.84. The Bertz CT molecular complexity index is 1140. The first-order valence-corrected chi connectivity index (χ1v) is 11.0. The third-order valence-corrected chi connectivity index (χ3v) is 6.25. The molecular weight excluding hydrogens is 425 g/mol. The molecule has 1 aliphatic carbocycles. The van der Waals surface area contributed by atoms with Gasteiger partial charge in [0.05, 0.1) is 24.8 Å². The lowest BCUT2D eigenvalue weighted by Gasteiger charge is -2.34. The molecule has 0 amide bonds. The number of nitrogen functional groups attached to an aromatic ring is 1. The number of aromatic nitrogens is 2. The predicted octanol–water partition coefficient (Wildman–Crippen LogP) is 3.72. The minimum Gasteiger partial charge on any atom is -0.494 e. The Hall–Kier alpha value is -3.43. The van der Waals surface area contributed by atoms with Crippen molar-refractivity contribution in [1.82, 2.24) is 15.4 Å². The van der Waals surface area contributed by atoms with Gasteiger partial charge < -0.3 is 20.3 Å². The maximum atomic E-state index is 14.4. The maximum absolute atomic E-state index is 14.4. The van der Waals surface area contributed by atoms with Crippen molar-refractivity contribution in [3.8, 4) is 17.2 Å². The van der Waals surface area contributed by atoms with Gasteiger partial charge in [-0.2, -0.15) is 4.39 Å². The lowest BCUT2D eigenvalue weighted by atomic mass is 9.92. The third-order valence-electron chi connectivity index (χ3n) is 6.25. The van der Waals surface area contributed by atoms with Crippen LogP contribution >= 0.6 is 0 Å². The summed E-state index contributed by atoms with van der Waals surface area (Å²) >= 11 is 0. The smallest absolute Gasteiger partial charge is 0.207 e. The zero-order valence-corrected chi connectivity index (χ0v) is 18.2. The molecule has 2 aromatic carbocycles. The molecule has 2 aliphatic rings. The number of fused-ring (bicyclic) bond motifs is 1. The molecule has 1 fully saturated rings. The molecule has 172 valence electrons. The predicted molar refractivity (Wildman–Crippen MR) is 122 cm³/mol. The number of halogens is 1. The fraction of sp³-hybridized carbons (Fsp3) is 0.333. The highest BCUT2D eigenvalue weighted by atomic mass is 19.1. The van der Waals surface area contributed by atoms with Gasteiger partial charge in [-0.25, -0.2) is 15.4 Å². The Balaban J connectivity index is 1.40. The standard InChI is InChI=1S/C24H26FN5O3/c1-32-18-6-3-7-19(21(18)25)33-17-10-8-14(9-11-17)22-20-23(26)27-13-28-24(20)30(29-22)15-4-2-5-16(31)12-15/h3,6-11,13,15-16,22,29,31H,2,4-5,12H2,1H3,(H2,26,27,28)/t15-,16-,22?/m0/s1. The van der Waals surface area contributed by atoms with Gasteiger partial charge in [0.1, 0.15) is 17.9 Å². The van der Waals surface area contributed by atoms with Crippen LogP contribution in [0.3, 0.4) is 0 Å². The van der Waals surface area contributed by atoms with E-state index in [1.807, 2.05) is 17.1 Å². The topological polar surface area (TPSA) is 106 Å². The average Bonchev–Trinajstić information content (AvgIpc) is 3.22. The molecule has 3 atom stereocenters. The molecule has 0 spiro atoms. The largest absolute Gasteiger partial charge is 0.494 e. The fourth-order valence-corrected chi connectivity index (χ4v) is 4.61. The lowest BCUT2D eigenvalue weighted by Crippen LogP contribution is -2.46. The third kappa shape index (κ3) is 4.05. The number of rotatable bonds is 5. The molecule has 33 heavy (non-hydrogen) atoms. The van der Waals surface area contributed by atoms with Crippen LogP contribution in [0.25, 0.3) is 0 Å². The molecule has 1 aromatic heterocycles. The minimum atomic E-state index is -0.550. The molecule has 0 saturated heterocycles. The summed E-state index contributed by atoms with van der Waals surface area (Å²) in [5.74, 6) is 1.31. The summed E-state index contributed by atoms with van der Waals surface area (Å²) in [6, 6.07) is 12.0. The Kier molecular flexibility index (Phi) is 5.74. The molecule has 1 aliphatic heterocycles. The molecular formula is C24H26FN5O3. The van der Waals surface area contributed by atoms with Crippen LogP contribution in [0.4, 0.5) is 16.0 Å². The van der Waals surface area contributed by atoms with Gasteiger partial charge in [-0.05, 0) is 55.5 Å². The van der Waals surface area contributed by atoms with E-state index in [0.717, 1.165) is 36.2 Å². The van der Waals surface area contributed by atoms with Crippen molar-refractivity contribution in [3.05, 3.63) is 65.7 Å². The van der Waals surface area contributed by atoms with Crippen LogP contribution in [0.1, 0.15) is 42.9 Å². The summed E-state index contributed by atoms with van der Waals surface area (Å²) in [6.45, 7) is 0. The number of anilines is 2. The number of aliphatic hydroxyl groups is 1. The molecule has 0 bridgehead atoms. The van der Waals surface area contributed by atoms with Gasteiger partial charge in [0.25, 0.3) is 0 Å². The Morgan fingerprint density at radius 2 is 1.91 bits per heavy atom. The van der Waals surface area contributed by atoms with Crippen LogP contribution in [0.5, 0.6) is 17.2 Å². The molecule has 8 nitrogen and oxygen atoms in total. The lowest BCUT2D eigenvalue weighted by molar-refractivity contribution is 0.116. The average molecular weight is 452 g/mol. The first-order valence-electron chi connectivity index (χ1n) is 11.0. The summed E-state index contributed by atoms with van der Waals surface area (Å²) in [7, 11) is 1.41. The Morgan fingerprint density at radius 1 is 1.12 bits per heavy atom. The highest BCUT2D eigenvalue weighted by Gasteiger charge is 2.38. The van der Waals surface area contributed by atoms with E-state index in [1.54, 1.807) is 24.3 Å². The van der Waals surface area contributed by atoms with Crippen LogP contribution in [0.2, 0.25) is 0 Å². The molecule has 3 aromatic rings. The number of nitrogens with two attached hydrogens (primary N) is 1. The summed E-state index contributed by atoms with van der Waals surface area (Å²) in [5, 5.41) is 12.2. The number of nitrogens with zero attached hydrogens (tertiary/aromatic N) is 3. The monoisotopic (exact) mass is 451 g/mol. The number of benzene rings is 2. The fourth-order valence-electron chi connectivity index (χ4n) is 4.61. The van der Waals surface area contributed by atoms with Crippen molar-refractivity contribution >= 4 is 11.6 Å². The van der Waals surface area contributed by atoms with E-state index in [1.165, 1.54) is 19.5 Å². The number of ether oxygens (including phenoxy) is 2. The van der Waals surface area contributed by atoms with Gasteiger partial charge in [0.15, 0.2) is 17.3 Å². The zero-order chi connectivity index (χ0) is 22.9. The van der Waals surface area contributed by atoms with Crippen LogP contribution in [0, 0.1) is 5.82 Å². The molecule has 0 radical (unpaired) electrons. The summed E-state index contributed by atoms with van der Waals surface area (Å²) in [5.41, 5.74) is 11.5. The van der Waals surface area contributed by atoms with E-state index in [2.05, 4.69) is 15.4 Å². The van der Waals surface area contributed by atoms with E-state index in [9.17, 15) is 9.50 Å². The van der Waals surface area contributed by atoms with Gasteiger partial charge in [-0.15, -0.1) is 0 Å². The molecule has 1 saturated carbocycles. The number of hydrogen-bond acceptors (Lipinski definition) is 8. The van der Waals surface area contributed by atoms with Gasteiger partial charge in [-0.1, -0.05) is 18.2 Å². The zero-order valence-electron chi connectivity index (χ0n) is 18.2. The van der Waals surface area contributed by atoms with Crippen molar-refractivity contribution in [2.24, 2.45) is 0 Å². The SMILES string of the molecule is COc1cccc(Oc2ccc(C3NN([C@H]4CCC[C@H](O)C4)c4ncnc(N)c43)cc2)c1F. The van der Waals surface area contributed by atoms with Gasteiger partial charge >= 0.3 is 0 Å². The number of aliphatic hydroxyl groups excluding tert-OH is 1. The van der Waals surface area contributed by atoms with E-state index < -0.39 is 5.82 Å². The second-order valence-corrected chi connectivity index (χ2v) is 8.35. The first kappa shape index (κ1) is 21.4. The van der Waals surface area contributed by atoms with E-state index >= 15 is 0 Å². The van der Waals surface area contributed by atoms with Gasteiger partial charge in [0, 0.05) is 6.04 Å². The first-order chi connectivity index (χ1) is 16.0. The molecule has 1 unspecified atom stereocenters. The summed E-state index contributed by atoms with van der Waals surface area (Å²) < 4.78 is 25.2. The normalized spacial score (nSPS) is 22.2. The number of methoxy groups -OCH3 is 1. The van der Waals surface area contributed by atoms with E-state index in [-0.39, 0.29) is 29.7 Å². The number of nitrogens with one attached hydrogen (secondary N) is 1. The highest BCUT2D eigenvalue weighted by molar-refractivity contribution is 5.64. The van der Waals surface area contributed by atoms with E-state index in [4.69, 9.17) is 15.2 Å². The van der Waals surface area contributed by atoms with Crippen molar-refractivity contribution in [2.45, 2.75) is 43.9 Å². The molecule has 5 rings (SSSR count). The molecule has 4 N–H and O–H groups in total. The maximum Gasteiger partial charge on any atom is 0.207 e. The van der Waals surface area contributed by atoms with Crippen molar-refractivity contribution in [3.63, 3.8) is 0 Å². The minimum absolute atomic E-state index is 0.0890. The van der Waals surface area contributed by atoms with Crippen LogP contribution < -0.4 is 25.6 Å². The van der Waals surface area contributed by atoms with Crippen LogP contribution in [-0.2, 0) is 0 Å². The van der Waals surface area contributed by atoms with Crippen LogP contribution in [0.15, 0.2) is 48.8 Å². The second-order valence-electron chi connectivity index (χ2n) is 8.35. The van der Waals surface area contributed by atoms with Crippen molar-refractivity contribution in [2.75, 3.05) is 17.9 Å². The summed E-state index contributed by atoms with van der Waals surface area (Å²) in [4.78, 5) is 8.68. The quantitative estimate of drug-likeness (QED) is 0.539. The Labute approximate surface area is 191 Å². The van der Waals surface area contributed by atoms with Crippen LogP contribution in [-0.4, -0.2) is 34.3 Å². The molecule has 9 heteroatoms. The van der Waals surface area contributed by atoms with Crippen molar-refractivity contribution < 1.29 is 19.0 Å². The number of hydrogen-bond donors (Lipinski definition) is 3. The summed E-state index contributed by atoms with van der Waals surface area (Å²) in [6.07, 6.45) is 4.55. The van der Waals surface area contributed by atoms with Gasteiger partial charge in [0.2, 0.25) is 5.82 Å². The van der Waals surface area contributed by atoms with Gasteiger partial charge in [-0.3, -0.25) is 5.01 Å².